The molecule has 0 aromatic heterocycles. The number of halogens is 2. The van der Waals surface area contributed by atoms with E-state index in [1.807, 2.05) is 30.3 Å². The van der Waals surface area contributed by atoms with Crippen molar-refractivity contribution in [3.8, 4) is 0 Å². The molecule has 24 heavy (non-hydrogen) atoms. The molecule has 2 aromatic rings. The van der Waals surface area contributed by atoms with Crippen molar-refractivity contribution in [3.05, 3.63) is 69.2 Å². The number of ether oxygens (including phenoxy) is 1. The molecule has 1 N–H and O–H groups in total. The minimum absolute atomic E-state index is 0.0533. The quantitative estimate of drug-likeness (QED) is 0.712. The highest BCUT2D eigenvalue weighted by molar-refractivity contribution is 9.10. The molecule has 0 saturated heterocycles. The zero-order chi connectivity index (χ0) is 17.5. The van der Waals surface area contributed by atoms with Gasteiger partial charge in [-0.3, -0.25) is 9.59 Å². The Morgan fingerprint density at radius 2 is 1.92 bits per heavy atom. The van der Waals surface area contributed by atoms with Crippen LogP contribution in [0.15, 0.2) is 53.0 Å². The third-order valence-corrected chi connectivity index (χ3v) is 4.17. The number of benzene rings is 2. The summed E-state index contributed by atoms with van der Waals surface area (Å²) in [7, 11) is 0. The molecule has 0 saturated carbocycles. The Balaban J connectivity index is 2.21. The molecule has 0 radical (unpaired) electrons. The molecule has 2 aromatic carbocycles. The van der Waals surface area contributed by atoms with E-state index in [4.69, 9.17) is 16.3 Å². The molecule has 1 amide bonds. The third kappa shape index (κ3) is 5.08. The maximum atomic E-state index is 12.5. The summed E-state index contributed by atoms with van der Waals surface area (Å²) in [4.78, 5) is 24.4. The highest BCUT2D eigenvalue weighted by Crippen LogP contribution is 2.23. The Labute approximate surface area is 154 Å². The second-order valence-corrected chi connectivity index (χ2v) is 6.39. The Hall–Kier alpha value is -1.85. The summed E-state index contributed by atoms with van der Waals surface area (Å²) in [6.07, 6.45) is 0.0533. The van der Waals surface area contributed by atoms with Crippen LogP contribution < -0.4 is 5.32 Å². The van der Waals surface area contributed by atoms with Gasteiger partial charge < -0.3 is 10.1 Å². The molecule has 0 fully saturated rings. The molecule has 0 bridgehead atoms. The van der Waals surface area contributed by atoms with Crippen LogP contribution in [-0.2, 0) is 9.53 Å². The summed E-state index contributed by atoms with van der Waals surface area (Å²) in [6, 6.07) is 13.8. The van der Waals surface area contributed by atoms with Crippen LogP contribution in [-0.4, -0.2) is 18.5 Å². The Morgan fingerprint density at radius 3 is 2.54 bits per heavy atom. The second kappa shape index (κ2) is 8.85. The number of carbonyl (C=O) groups excluding carboxylic acids is 2. The van der Waals surface area contributed by atoms with Crippen LogP contribution in [0.25, 0.3) is 0 Å². The van der Waals surface area contributed by atoms with E-state index in [1.165, 1.54) is 0 Å². The van der Waals surface area contributed by atoms with Crippen LogP contribution in [0.1, 0.15) is 35.3 Å². The number of carbonyl (C=O) groups is 2. The van der Waals surface area contributed by atoms with Crippen molar-refractivity contribution in [1.82, 2.24) is 5.32 Å². The van der Waals surface area contributed by atoms with Crippen LogP contribution in [0.5, 0.6) is 0 Å². The van der Waals surface area contributed by atoms with E-state index in [0.717, 1.165) is 10.0 Å². The molecule has 4 nitrogen and oxygen atoms in total. The van der Waals surface area contributed by atoms with Gasteiger partial charge in [0.25, 0.3) is 5.91 Å². The highest BCUT2D eigenvalue weighted by Gasteiger charge is 2.21. The lowest BCUT2D eigenvalue weighted by Gasteiger charge is -2.19. The van der Waals surface area contributed by atoms with Crippen LogP contribution in [0.3, 0.4) is 0 Å². The molecule has 0 aliphatic heterocycles. The monoisotopic (exact) mass is 409 g/mol. The molecule has 0 aliphatic carbocycles. The lowest BCUT2D eigenvalue weighted by Crippen LogP contribution is -2.30. The third-order valence-electron chi connectivity index (χ3n) is 3.36. The highest BCUT2D eigenvalue weighted by atomic mass is 79.9. The fraction of sp³-hybridized carbons (Fsp3) is 0.222. The number of esters is 1. The molecule has 2 rings (SSSR count). The summed E-state index contributed by atoms with van der Waals surface area (Å²) >= 11 is 9.43. The molecule has 0 heterocycles. The Kier molecular flexibility index (Phi) is 6.82. The summed E-state index contributed by atoms with van der Waals surface area (Å²) in [6.45, 7) is 2.04. The maximum Gasteiger partial charge on any atom is 0.308 e. The minimum Gasteiger partial charge on any atom is -0.466 e. The van der Waals surface area contributed by atoms with Gasteiger partial charge in [0.1, 0.15) is 0 Å². The molecular formula is C18H17BrClNO3. The normalized spacial score (nSPS) is 11.6. The Bertz CT molecular complexity index is 721. The Morgan fingerprint density at radius 1 is 1.21 bits per heavy atom. The fourth-order valence-electron chi connectivity index (χ4n) is 2.23. The fourth-order valence-corrected chi connectivity index (χ4v) is 2.99. The van der Waals surface area contributed by atoms with Gasteiger partial charge in [0.05, 0.1) is 29.7 Å². The van der Waals surface area contributed by atoms with E-state index in [-0.39, 0.29) is 18.3 Å². The van der Waals surface area contributed by atoms with Gasteiger partial charge >= 0.3 is 5.97 Å². The molecule has 1 atom stereocenters. The van der Waals surface area contributed by atoms with E-state index in [9.17, 15) is 9.59 Å². The second-order valence-electron chi connectivity index (χ2n) is 5.07. The topological polar surface area (TPSA) is 55.4 Å². The van der Waals surface area contributed by atoms with Gasteiger partial charge in [-0.2, -0.15) is 0 Å². The summed E-state index contributed by atoms with van der Waals surface area (Å²) in [5, 5.41) is 3.20. The van der Waals surface area contributed by atoms with Crippen LogP contribution in [0.4, 0.5) is 0 Å². The van der Waals surface area contributed by atoms with Crippen molar-refractivity contribution in [2.45, 2.75) is 19.4 Å². The molecule has 0 spiro atoms. The average Bonchev–Trinajstić information content (AvgIpc) is 2.55. The predicted octanol–water partition coefficient (Wildman–Crippen LogP) is 4.53. The first-order valence-corrected chi connectivity index (χ1v) is 8.64. The predicted molar refractivity (Wildman–Crippen MR) is 97.1 cm³/mol. The summed E-state index contributed by atoms with van der Waals surface area (Å²) in [5.41, 5.74) is 1.18. The van der Waals surface area contributed by atoms with E-state index in [1.54, 1.807) is 25.1 Å². The van der Waals surface area contributed by atoms with E-state index in [2.05, 4.69) is 21.2 Å². The van der Waals surface area contributed by atoms with Crippen molar-refractivity contribution in [2.24, 2.45) is 0 Å². The van der Waals surface area contributed by atoms with Gasteiger partial charge in [0, 0.05) is 4.47 Å². The van der Waals surface area contributed by atoms with Crippen molar-refractivity contribution in [2.75, 3.05) is 6.61 Å². The number of rotatable bonds is 6. The largest absolute Gasteiger partial charge is 0.466 e. The van der Waals surface area contributed by atoms with Crippen LogP contribution in [0, 0.1) is 0 Å². The SMILES string of the molecule is CCOC(=O)CC(NC(=O)c1ccc(Br)cc1Cl)c1ccccc1. The van der Waals surface area contributed by atoms with E-state index in [0.29, 0.717) is 17.2 Å². The van der Waals surface area contributed by atoms with Crippen molar-refractivity contribution in [3.63, 3.8) is 0 Å². The average molecular weight is 411 g/mol. The van der Waals surface area contributed by atoms with Crippen molar-refractivity contribution >= 4 is 39.4 Å². The summed E-state index contributed by atoms with van der Waals surface area (Å²) in [5.74, 6) is -0.709. The van der Waals surface area contributed by atoms with Gasteiger partial charge in [-0.05, 0) is 30.7 Å². The van der Waals surface area contributed by atoms with Gasteiger partial charge in [0.15, 0.2) is 0 Å². The molecule has 1 unspecified atom stereocenters. The molecule has 126 valence electrons. The number of hydrogen-bond acceptors (Lipinski definition) is 3. The lowest BCUT2D eigenvalue weighted by atomic mass is 10.0. The van der Waals surface area contributed by atoms with Gasteiger partial charge in [-0.1, -0.05) is 57.9 Å². The standard InChI is InChI=1S/C18H17BrClNO3/c1-2-24-17(22)11-16(12-6-4-3-5-7-12)21-18(23)14-9-8-13(19)10-15(14)20/h3-10,16H,2,11H2,1H3,(H,21,23). The smallest absolute Gasteiger partial charge is 0.308 e. The maximum absolute atomic E-state index is 12.5. The van der Waals surface area contributed by atoms with Crippen LogP contribution >= 0.6 is 27.5 Å². The van der Waals surface area contributed by atoms with E-state index < -0.39 is 6.04 Å². The van der Waals surface area contributed by atoms with Gasteiger partial charge in [0.2, 0.25) is 0 Å². The molecule has 6 heteroatoms. The number of hydrogen-bond donors (Lipinski definition) is 1. The van der Waals surface area contributed by atoms with Gasteiger partial charge in [-0.25, -0.2) is 0 Å². The zero-order valence-corrected chi connectivity index (χ0v) is 15.4. The molecular weight excluding hydrogens is 394 g/mol. The van der Waals surface area contributed by atoms with Crippen LogP contribution in [0.2, 0.25) is 5.02 Å². The van der Waals surface area contributed by atoms with Crippen molar-refractivity contribution < 1.29 is 14.3 Å². The lowest BCUT2D eigenvalue weighted by molar-refractivity contribution is -0.143. The minimum atomic E-state index is -0.488. The van der Waals surface area contributed by atoms with E-state index >= 15 is 0 Å². The van der Waals surface area contributed by atoms with Gasteiger partial charge in [-0.15, -0.1) is 0 Å². The zero-order valence-electron chi connectivity index (χ0n) is 13.1. The summed E-state index contributed by atoms with van der Waals surface area (Å²) < 4.78 is 5.79. The first-order valence-electron chi connectivity index (χ1n) is 7.47. The van der Waals surface area contributed by atoms with Crippen molar-refractivity contribution in [1.29, 1.82) is 0 Å². The molecule has 0 aliphatic rings. The number of amides is 1. The first kappa shape index (κ1) is 18.5. The first-order chi connectivity index (χ1) is 11.5. The number of nitrogens with one attached hydrogen (secondary N) is 1.